The molecule has 0 aromatic carbocycles. The second-order valence-electron chi connectivity index (χ2n) is 7.14. The molecule has 120 valence electrons. The number of rotatable bonds is 1. The number of hydrogen-bond donors (Lipinski definition) is 1. The lowest BCUT2D eigenvalue weighted by Crippen LogP contribution is -2.47. The van der Waals surface area contributed by atoms with Crippen molar-refractivity contribution < 1.29 is 24.2 Å². The van der Waals surface area contributed by atoms with E-state index in [1.54, 1.807) is 20.8 Å². The van der Waals surface area contributed by atoms with Crippen LogP contribution in [-0.4, -0.2) is 53.0 Å². The van der Waals surface area contributed by atoms with E-state index >= 15 is 0 Å². The summed E-state index contributed by atoms with van der Waals surface area (Å²) in [5.41, 5.74) is -0.640. The maximum atomic E-state index is 12.3. The molecule has 2 aliphatic heterocycles. The van der Waals surface area contributed by atoms with Gasteiger partial charge in [0.15, 0.2) is 6.04 Å². The third-order valence-corrected chi connectivity index (χ3v) is 4.05. The van der Waals surface area contributed by atoms with Gasteiger partial charge in [-0.25, -0.2) is 9.59 Å². The van der Waals surface area contributed by atoms with Crippen molar-refractivity contribution in [3.8, 4) is 0 Å². The number of ether oxygens (including phenoxy) is 2. The van der Waals surface area contributed by atoms with Gasteiger partial charge in [-0.1, -0.05) is 6.92 Å². The number of carbonyl (C=O) groups excluding carboxylic acids is 1. The molecule has 0 saturated carbocycles. The lowest BCUT2D eigenvalue weighted by atomic mass is 9.91. The molecular formula is C15H25NO5. The van der Waals surface area contributed by atoms with Gasteiger partial charge in [0, 0.05) is 19.1 Å². The van der Waals surface area contributed by atoms with Crippen LogP contribution < -0.4 is 0 Å². The van der Waals surface area contributed by atoms with E-state index in [9.17, 15) is 14.7 Å². The maximum absolute atomic E-state index is 12.3. The minimum Gasteiger partial charge on any atom is -0.480 e. The Morgan fingerprint density at radius 1 is 1.33 bits per heavy atom. The number of carboxylic acid groups (broad SMARTS) is 1. The Labute approximate surface area is 125 Å². The number of amides is 1. The number of aliphatic carboxylic acids is 1. The van der Waals surface area contributed by atoms with Crippen molar-refractivity contribution in [3.05, 3.63) is 0 Å². The van der Waals surface area contributed by atoms with Crippen LogP contribution in [-0.2, 0) is 14.3 Å². The third-order valence-electron chi connectivity index (χ3n) is 4.05. The zero-order valence-electron chi connectivity index (χ0n) is 13.2. The van der Waals surface area contributed by atoms with Crippen LogP contribution in [0.15, 0.2) is 0 Å². The molecule has 6 heteroatoms. The molecule has 0 aliphatic carbocycles. The minimum atomic E-state index is -1.03. The Bertz CT molecular complexity index is 417. The summed E-state index contributed by atoms with van der Waals surface area (Å²) in [5, 5.41) is 9.50. The van der Waals surface area contributed by atoms with Crippen LogP contribution >= 0.6 is 0 Å². The molecule has 0 spiro atoms. The summed E-state index contributed by atoms with van der Waals surface area (Å²) >= 11 is 0. The van der Waals surface area contributed by atoms with Gasteiger partial charge in [-0.3, -0.25) is 4.90 Å². The summed E-state index contributed by atoms with van der Waals surface area (Å²) in [4.78, 5) is 25.2. The van der Waals surface area contributed by atoms with E-state index in [-0.39, 0.29) is 5.92 Å². The minimum absolute atomic E-state index is 0.0659. The van der Waals surface area contributed by atoms with E-state index in [0.717, 1.165) is 12.8 Å². The third kappa shape index (κ3) is 3.67. The predicted molar refractivity (Wildman–Crippen MR) is 76.0 cm³/mol. The van der Waals surface area contributed by atoms with Crippen LogP contribution in [0.2, 0.25) is 0 Å². The number of carboxylic acids is 1. The molecule has 0 bridgehead atoms. The normalized spacial score (nSPS) is 33.2. The average Bonchev–Trinajstić information content (AvgIpc) is 2.56. The highest BCUT2D eigenvalue weighted by Gasteiger charge is 2.50. The van der Waals surface area contributed by atoms with Gasteiger partial charge < -0.3 is 14.6 Å². The second kappa shape index (κ2) is 5.83. The Hall–Kier alpha value is -1.30. The lowest BCUT2D eigenvalue weighted by Gasteiger charge is -2.28. The number of carbonyl (C=O) groups is 2. The molecule has 0 unspecified atom stereocenters. The van der Waals surface area contributed by atoms with E-state index in [1.165, 1.54) is 4.90 Å². The van der Waals surface area contributed by atoms with Gasteiger partial charge in [0.25, 0.3) is 0 Å². The average molecular weight is 299 g/mol. The van der Waals surface area contributed by atoms with E-state index in [2.05, 4.69) is 6.92 Å². The molecule has 2 heterocycles. The molecule has 4 atom stereocenters. The van der Waals surface area contributed by atoms with E-state index in [1.807, 2.05) is 0 Å². The maximum Gasteiger partial charge on any atom is 0.411 e. The first-order valence-electron chi connectivity index (χ1n) is 7.53. The molecule has 21 heavy (non-hydrogen) atoms. The van der Waals surface area contributed by atoms with Crippen LogP contribution in [0, 0.1) is 11.8 Å². The van der Waals surface area contributed by atoms with Gasteiger partial charge in [0.1, 0.15) is 5.60 Å². The van der Waals surface area contributed by atoms with Crippen molar-refractivity contribution in [1.29, 1.82) is 0 Å². The summed E-state index contributed by atoms with van der Waals surface area (Å²) in [7, 11) is 0. The molecule has 1 N–H and O–H groups in total. The van der Waals surface area contributed by atoms with Crippen LogP contribution in [0.1, 0.15) is 40.5 Å². The fourth-order valence-electron chi connectivity index (χ4n) is 3.16. The van der Waals surface area contributed by atoms with Crippen molar-refractivity contribution in [2.75, 3.05) is 13.2 Å². The molecule has 0 radical (unpaired) electrons. The highest BCUT2D eigenvalue weighted by molar-refractivity contribution is 5.81. The van der Waals surface area contributed by atoms with Gasteiger partial charge in [0.05, 0.1) is 6.10 Å². The predicted octanol–water partition coefficient (Wildman–Crippen LogP) is 2.12. The van der Waals surface area contributed by atoms with Gasteiger partial charge in [-0.05, 0) is 39.5 Å². The van der Waals surface area contributed by atoms with E-state index < -0.39 is 29.8 Å². The standard InChI is InChI=1S/C15H25NO5/c1-9-5-6-20-12-10(7-9)8-16(11(12)13(17)18)14(19)21-15(2,3)4/h9-12H,5-8H2,1-4H3,(H,17,18)/t9-,10+,11+,12-/m1/s1. The molecule has 2 saturated heterocycles. The second-order valence-corrected chi connectivity index (χ2v) is 7.14. The lowest BCUT2D eigenvalue weighted by molar-refractivity contribution is -0.146. The molecule has 2 fully saturated rings. The van der Waals surface area contributed by atoms with Crippen molar-refractivity contribution in [2.45, 2.75) is 58.3 Å². The van der Waals surface area contributed by atoms with Crippen molar-refractivity contribution >= 4 is 12.1 Å². The van der Waals surface area contributed by atoms with Gasteiger partial charge in [-0.2, -0.15) is 0 Å². The molecular weight excluding hydrogens is 274 g/mol. The van der Waals surface area contributed by atoms with Crippen LogP contribution in [0.25, 0.3) is 0 Å². The quantitative estimate of drug-likeness (QED) is 0.802. The van der Waals surface area contributed by atoms with E-state index in [0.29, 0.717) is 19.1 Å². The van der Waals surface area contributed by atoms with Crippen molar-refractivity contribution in [2.24, 2.45) is 11.8 Å². The fourth-order valence-corrected chi connectivity index (χ4v) is 3.16. The fraction of sp³-hybridized carbons (Fsp3) is 0.867. The number of hydrogen-bond acceptors (Lipinski definition) is 4. The van der Waals surface area contributed by atoms with Gasteiger partial charge in [0.2, 0.25) is 0 Å². The molecule has 2 aliphatic rings. The number of fused-ring (bicyclic) bond motifs is 1. The smallest absolute Gasteiger partial charge is 0.411 e. The largest absolute Gasteiger partial charge is 0.480 e. The molecule has 1 amide bonds. The highest BCUT2D eigenvalue weighted by atomic mass is 16.6. The summed E-state index contributed by atoms with van der Waals surface area (Å²) in [6, 6.07) is -0.949. The Morgan fingerprint density at radius 3 is 2.57 bits per heavy atom. The van der Waals surface area contributed by atoms with Crippen molar-refractivity contribution in [3.63, 3.8) is 0 Å². The molecule has 2 rings (SSSR count). The summed E-state index contributed by atoms with van der Waals surface area (Å²) in [6.45, 7) is 8.39. The Balaban J connectivity index is 2.18. The number of likely N-dealkylation sites (tertiary alicyclic amines) is 1. The SMILES string of the molecule is C[C@@H]1CCO[C@@H]2[C@@H](C1)CN(C(=O)OC(C)(C)C)[C@@H]2C(=O)O. The monoisotopic (exact) mass is 299 g/mol. The van der Waals surface area contributed by atoms with Crippen LogP contribution in [0.3, 0.4) is 0 Å². The molecule has 0 aromatic heterocycles. The zero-order chi connectivity index (χ0) is 15.8. The van der Waals surface area contributed by atoms with Gasteiger partial charge in [-0.15, -0.1) is 0 Å². The summed E-state index contributed by atoms with van der Waals surface area (Å²) in [5.74, 6) is -0.480. The highest BCUT2D eigenvalue weighted by Crippen LogP contribution is 2.35. The van der Waals surface area contributed by atoms with Crippen LogP contribution in [0.5, 0.6) is 0 Å². The first-order chi connectivity index (χ1) is 9.69. The number of nitrogens with zero attached hydrogens (tertiary/aromatic N) is 1. The topological polar surface area (TPSA) is 76.1 Å². The van der Waals surface area contributed by atoms with Crippen molar-refractivity contribution in [1.82, 2.24) is 4.90 Å². The first-order valence-corrected chi connectivity index (χ1v) is 7.53. The molecule has 0 aromatic rings. The van der Waals surface area contributed by atoms with Crippen LogP contribution in [0.4, 0.5) is 4.79 Å². The van der Waals surface area contributed by atoms with Gasteiger partial charge >= 0.3 is 12.1 Å². The summed E-state index contributed by atoms with van der Waals surface area (Å²) < 4.78 is 11.1. The zero-order valence-corrected chi connectivity index (χ0v) is 13.2. The van der Waals surface area contributed by atoms with E-state index in [4.69, 9.17) is 9.47 Å². The molecule has 6 nitrogen and oxygen atoms in total. The first kappa shape index (κ1) is 16.1. The Morgan fingerprint density at radius 2 is 2.00 bits per heavy atom. The Kier molecular flexibility index (Phi) is 4.46. The summed E-state index contributed by atoms with van der Waals surface area (Å²) in [6.07, 6.45) is 0.818.